The Morgan fingerprint density at radius 3 is 3.04 bits per heavy atom. The van der Waals surface area contributed by atoms with Crippen LogP contribution in [0.2, 0.25) is 0 Å². The fourth-order valence-electron chi connectivity index (χ4n) is 4.63. The molecule has 1 fully saturated rings. The van der Waals surface area contributed by atoms with Crippen LogP contribution in [0.1, 0.15) is 54.5 Å². The molecule has 1 aliphatic carbocycles. The normalized spacial score (nSPS) is 21.1. The predicted molar refractivity (Wildman–Crippen MR) is 98.3 cm³/mol. The van der Waals surface area contributed by atoms with Crippen LogP contribution in [0, 0.1) is 0 Å². The third-order valence-corrected chi connectivity index (χ3v) is 5.96. The number of aryl methyl sites for hydroxylation is 1. The number of benzene rings is 1. The molecule has 5 rings (SSSR count). The van der Waals surface area contributed by atoms with Gasteiger partial charge in [0.05, 0.1) is 23.4 Å². The Bertz CT molecular complexity index is 906. The van der Waals surface area contributed by atoms with Crippen molar-refractivity contribution in [1.82, 2.24) is 24.6 Å². The van der Waals surface area contributed by atoms with Gasteiger partial charge < -0.3 is 4.57 Å². The topological polar surface area (TPSA) is 49.7 Å². The number of likely N-dealkylation sites (tertiary alicyclic amines) is 1. The monoisotopic (exact) mass is 335 g/mol. The molecule has 1 aliphatic heterocycles. The largest absolute Gasteiger partial charge is 0.334 e. The number of aromatic amines is 1. The molecule has 5 nitrogen and oxygen atoms in total. The summed E-state index contributed by atoms with van der Waals surface area (Å²) in [6, 6.07) is 7.09. The number of imidazole rings is 1. The SMILES string of the molecule is Cn1c([C@@H]2CCCN2Cc2ccc3cn[nH]c3c2)nc2c1CCCC2. The van der Waals surface area contributed by atoms with Crippen molar-refractivity contribution >= 4 is 10.9 Å². The van der Waals surface area contributed by atoms with Crippen molar-refractivity contribution in [3.05, 3.63) is 47.2 Å². The number of aromatic nitrogens is 4. The van der Waals surface area contributed by atoms with Gasteiger partial charge in [-0.3, -0.25) is 10.00 Å². The molecule has 2 aromatic heterocycles. The highest BCUT2D eigenvalue weighted by Gasteiger charge is 2.31. The number of hydrogen-bond acceptors (Lipinski definition) is 3. The first-order chi connectivity index (χ1) is 12.3. The molecule has 0 bridgehead atoms. The van der Waals surface area contributed by atoms with Gasteiger partial charge in [0.1, 0.15) is 5.82 Å². The molecule has 1 N–H and O–H groups in total. The van der Waals surface area contributed by atoms with Crippen molar-refractivity contribution < 1.29 is 0 Å². The standard InChI is InChI=1S/C20H25N5/c1-24-18-6-3-2-5-16(18)22-20(24)19-7-4-10-25(19)13-14-8-9-15-12-21-23-17(15)11-14/h8-9,11-12,19H,2-7,10,13H2,1H3,(H,21,23)/t19-/m0/s1. The summed E-state index contributed by atoms with van der Waals surface area (Å²) < 4.78 is 2.40. The van der Waals surface area contributed by atoms with E-state index >= 15 is 0 Å². The molecule has 0 unspecified atom stereocenters. The van der Waals surface area contributed by atoms with Crippen LogP contribution in [0.3, 0.4) is 0 Å². The van der Waals surface area contributed by atoms with Crippen molar-refractivity contribution in [3.63, 3.8) is 0 Å². The lowest BCUT2D eigenvalue weighted by Crippen LogP contribution is -2.25. The van der Waals surface area contributed by atoms with Gasteiger partial charge in [-0.1, -0.05) is 12.1 Å². The molecule has 3 heterocycles. The summed E-state index contributed by atoms with van der Waals surface area (Å²) >= 11 is 0. The van der Waals surface area contributed by atoms with Crippen molar-refractivity contribution in [3.8, 4) is 0 Å². The number of nitrogens with zero attached hydrogens (tertiary/aromatic N) is 4. The first kappa shape index (κ1) is 15.1. The third kappa shape index (κ3) is 2.58. The molecule has 5 heteroatoms. The summed E-state index contributed by atoms with van der Waals surface area (Å²) in [5.74, 6) is 1.28. The average Bonchev–Trinajstić information content (AvgIpc) is 3.34. The lowest BCUT2D eigenvalue weighted by Gasteiger charge is -2.24. The van der Waals surface area contributed by atoms with E-state index in [1.165, 1.54) is 60.3 Å². The highest BCUT2D eigenvalue weighted by atomic mass is 15.2. The second kappa shape index (κ2) is 5.99. The van der Waals surface area contributed by atoms with E-state index in [1.807, 2.05) is 6.20 Å². The van der Waals surface area contributed by atoms with Crippen LogP contribution in [0.5, 0.6) is 0 Å². The number of nitrogens with one attached hydrogen (secondary N) is 1. The van der Waals surface area contributed by atoms with E-state index in [-0.39, 0.29) is 0 Å². The van der Waals surface area contributed by atoms with E-state index in [0.717, 1.165) is 25.0 Å². The Morgan fingerprint density at radius 1 is 1.20 bits per heavy atom. The summed E-state index contributed by atoms with van der Waals surface area (Å²) in [5, 5.41) is 8.40. The quantitative estimate of drug-likeness (QED) is 0.797. The fraction of sp³-hybridized carbons (Fsp3) is 0.500. The van der Waals surface area contributed by atoms with Crippen molar-refractivity contribution in [2.75, 3.05) is 6.54 Å². The van der Waals surface area contributed by atoms with Crippen molar-refractivity contribution in [1.29, 1.82) is 0 Å². The molecule has 1 saturated heterocycles. The van der Waals surface area contributed by atoms with E-state index in [9.17, 15) is 0 Å². The molecule has 0 saturated carbocycles. The minimum atomic E-state index is 0.452. The van der Waals surface area contributed by atoms with Crippen molar-refractivity contribution in [2.45, 2.75) is 51.1 Å². The molecule has 0 amide bonds. The van der Waals surface area contributed by atoms with Crippen LogP contribution in [0.4, 0.5) is 0 Å². The maximum Gasteiger partial charge on any atom is 0.126 e. The van der Waals surface area contributed by atoms with Gasteiger partial charge in [0, 0.05) is 24.7 Å². The molecule has 25 heavy (non-hydrogen) atoms. The second-order valence-electron chi connectivity index (χ2n) is 7.55. The Balaban J connectivity index is 1.43. The molecular formula is C20H25N5. The lowest BCUT2D eigenvalue weighted by atomic mass is 10.0. The molecule has 0 spiro atoms. The van der Waals surface area contributed by atoms with Gasteiger partial charge in [0.15, 0.2) is 0 Å². The number of H-pyrrole nitrogens is 1. The maximum atomic E-state index is 5.07. The van der Waals surface area contributed by atoms with Gasteiger partial charge >= 0.3 is 0 Å². The van der Waals surface area contributed by atoms with Crippen LogP contribution in [-0.2, 0) is 26.4 Å². The lowest BCUT2D eigenvalue weighted by molar-refractivity contribution is 0.236. The second-order valence-corrected chi connectivity index (χ2v) is 7.55. The van der Waals surface area contributed by atoms with Gasteiger partial charge in [-0.05, 0) is 56.7 Å². The highest BCUT2D eigenvalue weighted by Crippen LogP contribution is 2.35. The minimum absolute atomic E-state index is 0.452. The number of hydrogen-bond donors (Lipinski definition) is 1. The van der Waals surface area contributed by atoms with Gasteiger partial charge in [-0.15, -0.1) is 0 Å². The van der Waals surface area contributed by atoms with Crippen LogP contribution >= 0.6 is 0 Å². The van der Waals surface area contributed by atoms with Crippen molar-refractivity contribution in [2.24, 2.45) is 7.05 Å². The number of fused-ring (bicyclic) bond motifs is 2. The van der Waals surface area contributed by atoms with E-state index in [2.05, 4.69) is 44.9 Å². The molecule has 2 aliphatic rings. The van der Waals surface area contributed by atoms with Crippen LogP contribution in [0.25, 0.3) is 10.9 Å². The smallest absolute Gasteiger partial charge is 0.126 e. The molecule has 1 atom stereocenters. The Kier molecular flexibility index (Phi) is 3.63. The van der Waals surface area contributed by atoms with Gasteiger partial charge in [-0.25, -0.2) is 4.98 Å². The third-order valence-electron chi connectivity index (χ3n) is 5.96. The van der Waals surface area contributed by atoms with E-state index in [0.29, 0.717) is 6.04 Å². The summed E-state index contributed by atoms with van der Waals surface area (Å²) in [5.41, 5.74) is 5.31. The van der Waals surface area contributed by atoms with Gasteiger partial charge in [-0.2, -0.15) is 5.10 Å². The molecule has 130 valence electrons. The summed E-state index contributed by atoms with van der Waals surface area (Å²) in [4.78, 5) is 7.67. The highest BCUT2D eigenvalue weighted by molar-refractivity contribution is 5.78. The number of rotatable bonds is 3. The zero-order valence-corrected chi connectivity index (χ0v) is 14.8. The maximum absolute atomic E-state index is 5.07. The van der Waals surface area contributed by atoms with Gasteiger partial charge in [0.25, 0.3) is 0 Å². The first-order valence-corrected chi connectivity index (χ1v) is 9.50. The molecular weight excluding hydrogens is 310 g/mol. The fourth-order valence-corrected chi connectivity index (χ4v) is 4.63. The minimum Gasteiger partial charge on any atom is -0.334 e. The first-order valence-electron chi connectivity index (χ1n) is 9.50. The zero-order valence-electron chi connectivity index (χ0n) is 14.8. The zero-order chi connectivity index (χ0) is 16.8. The average molecular weight is 335 g/mol. The molecule has 0 radical (unpaired) electrons. The van der Waals surface area contributed by atoms with E-state index in [1.54, 1.807) is 0 Å². The Morgan fingerprint density at radius 2 is 2.12 bits per heavy atom. The molecule has 1 aromatic carbocycles. The van der Waals surface area contributed by atoms with Gasteiger partial charge in [0.2, 0.25) is 0 Å². The van der Waals surface area contributed by atoms with Crippen LogP contribution < -0.4 is 0 Å². The summed E-state index contributed by atoms with van der Waals surface area (Å²) in [6.07, 6.45) is 9.32. The van der Waals surface area contributed by atoms with E-state index in [4.69, 9.17) is 4.98 Å². The van der Waals surface area contributed by atoms with Crippen LogP contribution in [-0.4, -0.2) is 31.2 Å². The summed E-state index contributed by atoms with van der Waals surface area (Å²) in [6.45, 7) is 2.14. The molecule has 3 aromatic rings. The predicted octanol–water partition coefficient (Wildman–Crippen LogP) is 3.51. The Labute approximate surface area is 148 Å². The Hall–Kier alpha value is -2.14. The summed E-state index contributed by atoms with van der Waals surface area (Å²) in [7, 11) is 2.22. The van der Waals surface area contributed by atoms with Crippen LogP contribution in [0.15, 0.2) is 24.4 Å². The van der Waals surface area contributed by atoms with E-state index < -0.39 is 0 Å².